The van der Waals surface area contributed by atoms with E-state index in [9.17, 15) is 4.79 Å². The Morgan fingerprint density at radius 2 is 2.23 bits per heavy atom. The van der Waals surface area contributed by atoms with Gasteiger partial charge in [0.25, 0.3) is 5.91 Å². The summed E-state index contributed by atoms with van der Waals surface area (Å²) in [7, 11) is 0. The molecule has 1 aliphatic heterocycles. The van der Waals surface area contributed by atoms with Crippen molar-refractivity contribution in [1.29, 1.82) is 0 Å². The van der Waals surface area contributed by atoms with E-state index in [2.05, 4.69) is 10.3 Å². The van der Waals surface area contributed by atoms with Gasteiger partial charge in [-0.15, -0.1) is 22.7 Å². The molecule has 22 heavy (non-hydrogen) atoms. The van der Waals surface area contributed by atoms with Gasteiger partial charge in [-0.2, -0.15) is 0 Å². The average molecular weight is 328 g/mol. The first-order chi connectivity index (χ1) is 10.8. The zero-order valence-corrected chi connectivity index (χ0v) is 13.2. The van der Waals surface area contributed by atoms with Crippen molar-refractivity contribution >= 4 is 34.3 Å². The first-order valence-corrected chi connectivity index (χ1v) is 8.62. The maximum atomic E-state index is 12.3. The van der Waals surface area contributed by atoms with Gasteiger partial charge in [-0.3, -0.25) is 4.79 Å². The molecular weight excluding hydrogens is 316 g/mol. The molecule has 0 saturated carbocycles. The molecule has 2 aromatic heterocycles. The minimum absolute atomic E-state index is 0.182. The zero-order valence-electron chi connectivity index (χ0n) is 11.5. The normalized spacial score (nSPS) is 12.7. The SMILES string of the molecule is O=C(Nc1ccc2c(c1)CCO2)c1csc(-c2cccs2)n1. The van der Waals surface area contributed by atoms with E-state index in [1.54, 1.807) is 16.7 Å². The molecule has 0 radical (unpaired) electrons. The molecule has 0 unspecified atom stereocenters. The fourth-order valence-electron chi connectivity index (χ4n) is 2.35. The van der Waals surface area contributed by atoms with Crippen molar-refractivity contribution in [3.05, 3.63) is 52.3 Å². The topological polar surface area (TPSA) is 51.2 Å². The predicted molar refractivity (Wildman–Crippen MR) is 89.0 cm³/mol. The summed E-state index contributed by atoms with van der Waals surface area (Å²) in [6.07, 6.45) is 0.887. The van der Waals surface area contributed by atoms with Crippen LogP contribution in [0.3, 0.4) is 0 Å². The van der Waals surface area contributed by atoms with Crippen LogP contribution in [0.15, 0.2) is 41.1 Å². The summed E-state index contributed by atoms with van der Waals surface area (Å²) in [5.74, 6) is 0.726. The summed E-state index contributed by atoms with van der Waals surface area (Å²) in [4.78, 5) is 17.8. The molecule has 0 saturated heterocycles. The van der Waals surface area contributed by atoms with Gasteiger partial charge in [0.2, 0.25) is 0 Å². The minimum atomic E-state index is -0.182. The predicted octanol–water partition coefficient (Wildman–Crippen LogP) is 4.06. The number of rotatable bonds is 3. The number of hydrogen-bond acceptors (Lipinski definition) is 5. The second-order valence-electron chi connectivity index (χ2n) is 4.89. The number of thiazole rings is 1. The van der Waals surface area contributed by atoms with Crippen LogP contribution in [0.2, 0.25) is 0 Å². The molecule has 4 rings (SSSR count). The number of thiophene rings is 1. The highest BCUT2D eigenvalue weighted by molar-refractivity contribution is 7.20. The van der Waals surface area contributed by atoms with Crippen LogP contribution in [0.5, 0.6) is 5.75 Å². The van der Waals surface area contributed by atoms with E-state index in [1.807, 2.05) is 35.7 Å². The van der Waals surface area contributed by atoms with Crippen LogP contribution in [0.1, 0.15) is 16.1 Å². The van der Waals surface area contributed by atoms with Crippen molar-refractivity contribution in [1.82, 2.24) is 4.98 Å². The number of amides is 1. The van der Waals surface area contributed by atoms with Crippen LogP contribution < -0.4 is 10.1 Å². The largest absolute Gasteiger partial charge is 0.493 e. The highest BCUT2D eigenvalue weighted by Gasteiger charge is 2.15. The summed E-state index contributed by atoms with van der Waals surface area (Å²) in [6.45, 7) is 0.711. The minimum Gasteiger partial charge on any atom is -0.493 e. The van der Waals surface area contributed by atoms with Gasteiger partial charge in [0.15, 0.2) is 0 Å². The van der Waals surface area contributed by atoms with Gasteiger partial charge in [0, 0.05) is 17.5 Å². The third-order valence-electron chi connectivity index (χ3n) is 3.42. The van der Waals surface area contributed by atoms with Gasteiger partial charge in [-0.05, 0) is 35.2 Å². The Morgan fingerprint density at radius 3 is 3.09 bits per heavy atom. The molecule has 1 amide bonds. The Balaban J connectivity index is 1.53. The summed E-state index contributed by atoms with van der Waals surface area (Å²) < 4.78 is 5.47. The van der Waals surface area contributed by atoms with Crippen LogP contribution in [0.4, 0.5) is 5.69 Å². The number of carbonyl (C=O) groups excluding carboxylic acids is 1. The molecule has 0 atom stereocenters. The smallest absolute Gasteiger partial charge is 0.275 e. The third-order valence-corrected chi connectivity index (χ3v) is 5.30. The highest BCUT2D eigenvalue weighted by atomic mass is 32.1. The molecule has 3 aromatic rings. The molecule has 6 heteroatoms. The number of carbonyl (C=O) groups is 1. The Kier molecular flexibility index (Phi) is 3.40. The average Bonchev–Trinajstić information content (AvgIpc) is 3.26. The lowest BCUT2D eigenvalue weighted by molar-refractivity contribution is 0.102. The molecular formula is C16H12N2O2S2. The van der Waals surface area contributed by atoms with Gasteiger partial charge in [0.05, 0.1) is 11.5 Å². The monoisotopic (exact) mass is 328 g/mol. The second-order valence-corrected chi connectivity index (χ2v) is 6.70. The Labute approximate surface area is 135 Å². The number of anilines is 1. The fraction of sp³-hybridized carbons (Fsp3) is 0.125. The molecule has 110 valence electrons. The van der Waals surface area contributed by atoms with E-state index >= 15 is 0 Å². The fourth-order valence-corrected chi connectivity index (χ4v) is 3.97. The summed E-state index contributed by atoms with van der Waals surface area (Å²) in [6, 6.07) is 9.71. The molecule has 4 nitrogen and oxygen atoms in total. The number of hydrogen-bond donors (Lipinski definition) is 1. The van der Waals surface area contributed by atoms with Crippen molar-refractivity contribution in [2.45, 2.75) is 6.42 Å². The van der Waals surface area contributed by atoms with Gasteiger partial charge >= 0.3 is 0 Å². The summed E-state index contributed by atoms with van der Waals surface area (Å²) in [5.41, 5.74) is 2.36. The number of nitrogens with zero attached hydrogens (tertiary/aromatic N) is 1. The number of aromatic nitrogens is 1. The molecule has 0 fully saturated rings. The lowest BCUT2D eigenvalue weighted by Crippen LogP contribution is -2.12. The van der Waals surface area contributed by atoms with E-state index in [0.29, 0.717) is 12.3 Å². The quantitative estimate of drug-likeness (QED) is 0.789. The van der Waals surface area contributed by atoms with E-state index < -0.39 is 0 Å². The highest BCUT2D eigenvalue weighted by Crippen LogP contribution is 2.29. The molecule has 1 aromatic carbocycles. The molecule has 0 aliphatic carbocycles. The van der Waals surface area contributed by atoms with Gasteiger partial charge < -0.3 is 10.1 Å². The van der Waals surface area contributed by atoms with Crippen LogP contribution in [-0.4, -0.2) is 17.5 Å². The lowest BCUT2D eigenvalue weighted by Gasteiger charge is -2.05. The third kappa shape index (κ3) is 2.51. The molecule has 1 aliphatic rings. The summed E-state index contributed by atoms with van der Waals surface area (Å²) in [5, 5.41) is 7.57. The molecule has 0 spiro atoms. The maximum Gasteiger partial charge on any atom is 0.275 e. The van der Waals surface area contributed by atoms with Crippen LogP contribution in [0, 0.1) is 0 Å². The van der Waals surface area contributed by atoms with Gasteiger partial charge in [-0.25, -0.2) is 4.98 Å². The first-order valence-electron chi connectivity index (χ1n) is 6.86. The Hall–Kier alpha value is -2.18. The van der Waals surface area contributed by atoms with E-state index in [-0.39, 0.29) is 5.91 Å². The van der Waals surface area contributed by atoms with Crippen molar-refractivity contribution in [2.24, 2.45) is 0 Å². The van der Waals surface area contributed by atoms with Crippen molar-refractivity contribution in [2.75, 3.05) is 11.9 Å². The van der Waals surface area contributed by atoms with E-state index in [4.69, 9.17) is 4.74 Å². The Bertz CT molecular complexity index is 825. The standard InChI is InChI=1S/C16H12N2O2S2/c19-15(12-9-22-16(18-12)14-2-1-7-21-14)17-11-3-4-13-10(8-11)5-6-20-13/h1-4,7-9H,5-6H2,(H,17,19). The second kappa shape index (κ2) is 5.55. The number of fused-ring (bicyclic) bond motifs is 1. The van der Waals surface area contributed by atoms with E-state index in [0.717, 1.165) is 33.3 Å². The maximum absolute atomic E-state index is 12.3. The van der Waals surface area contributed by atoms with Crippen LogP contribution in [0.25, 0.3) is 9.88 Å². The number of benzene rings is 1. The van der Waals surface area contributed by atoms with Crippen molar-refractivity contribution in [3.63, 3.8) is 0 Å². The number of nitrogens with one attached hydrogen (secondary N) is 1. The molecule has 1 N–H and O–H groups in total. The van der Waals surface area contributed by atoms with Gasteiger partial charge in [-0.1, -0.05) is 6.07 Å². The van der Waals surface area contributed by atoms with E-state index in [1.165, 1.54) is 11.3 Å². The summed E-state index contributed by atoms with van der Waals surface area (Å²) >= 11 is 3.11. The molecule has 3 heterocycles. The molecule has 0 bridgehead atoms. The number of ether oxygens (including phenoxy) is 1. The van der Waals surface area contributed by atoms with Crippen molar-refractivity contribution in [3.8, 4) is 15.6 Å². The van der Waals surface area contributed by atoms with Crippen LogP contribution >= 0.6 is 22.7 Å². The lowest BCUT2D eigenvalue weighted by atomic mass is 10.1. The van der Waals surface area contributed by atoms with Gasteiger partial charge in [0.1, 0.15) is 16.5 Å². The van der Waals surface area contributed by atoms with Crippen molar-refractivity contribution < 1.29 is 9.53 Å². The first kappa shape index (κ1) is 13.5. The van der Waals surface area contributed by atoms with Crippen LogP contribution in [-0.2, 0) is 6.42 Å². The Morgan fingerprint density at radius 1 is 1.27 bits per heavy atom. The zero-order chi connectivity index (χ0) is 14.9.